The van der Waals surface area contributed by atoms with E-state index in [2.05, 4.69) is 214 Å². The summed E-state index contributed by atoms with van der Waals surface area (Å²) in [5.74, 6) is 0.220. The number of nitrogens with zero attached hydrogens (tertiary/aromatic N) is 2. The lowest BCUT2D eigenvalue weighted by Gasteiger charge is -2.40. The lowest BCUT2D eigenvalue weighted by Crippen LogP contribution is -2.36. The highest BCUT2D eigenvalue weighted by molar-refractivity contribution is 5.99. The van der Waals surface area contributed by atoms with Gasteiger partial charge in [-0.05, 0) is 93.0 Å². The van der Waals surface area contributed by atoms with Crippen LogP contribution >= 0.6 is 0 Å². The Bertz CT molecular complexity index is 2630. The molecule has 2 aliphatic rings. The first-order chi connectivity index (χ1) is 26.3. The minimum Gasteiger partial charge on any atom is -0.310 e. The fraction of sp³-hybridized carbons (Fsp3) is 0.115. The van der Waals surface area contributed by atoms with Crippen molar-refractivity contribution >= 4 is 62.1 Å². The highest BCUT2D eigenvalue weighted by Gasteiger charge is 2.53. The van der Waals surface area contributed by atoms with Gasteiger partial charge in [-0.3, -0.25) is 0 Å². The van der Waals surface area contributed by atoms with E-state index in [1.165, 1.54) is 44.1 Å². The van der Waals surface area contributed by atoms with Gasteiger partial charge in [0.2, 0.25) is 0 Å². The van der Waals surface area contributed by atoms with Crippen LogP contribution in [0.3, 0.4) is 0 Å². The zero-order valence-corrected chi connectivity index (χ0v) is 31.2. The van der Waals surface area contributed by atoms with Gasteiger partial charge in [0.25, 0.3) is 0 Å². The summed E-state index contributed by atoms with van der Waals surface area (Å²) in [6.45, 7) is 15.3. The quantitative estimate of drug-likeness (QED) is 0.156. The van der Waals surface area contributed by atoms with Gasteiger partial charge in [0.15, 0.2) is 0 Å². The molecule has 0 saturated heterocycles. The third-order valence-corrected chi connectivity index (χ3v) is 11.9. The first-order valence-corrected chi connectivity index (χ1v) is 18.9. The molecule has 7 aromatic carbocycles. The molecule has 2 aliphatic carbocycles. The van der Waals surface area contributed by atoms with Crippen molar-refractivity contribution in [3.8, 4) is 0 Å². The van der Waals surface area contributed by atoms with Crippen LogP contribution in [-0.2, 0) is 10.8 Å². The second-order valence-corrected chi connectivity index (χ2v) is 15.4. The maximum Gasteiger partial charge on any atom is 0.0540 e. The van der Waals surface area contributed by atoms with Gasteiger partial charge in [0.1, 0.15) is 0 Å². The topological polar surface area (TPSA) is 6.48 Å². The average Bonchev–Trinajstić information content (AvgIpc) is 3.39. The molecule has 0 spiro atoms. The second-order valence-electron chi connectivity index (χ2n) is 15.4. The van der Waals surface area contributed by atoms with E-state index in [4.69, 9.17) is 0 Å². The van der Waals surface area contributed by atoms with Gasteiger partial charge >= 0.3 is 0 Å². The molecule has 0 aliphatic heterocycles. The number of allylic oxidation sites excluding steroid dienone is 3. The summed E-state index contributed by atoms with van der Waals surface area (Å²) < 4.78 is 0. The fourth-order valence-corrected chi connectivity index (χ4v) is 9.15. The van der Waals surface area contributed by atoms with Crippen LogP contribution in [0.2, 0.25) is 0 Å². The Morgan fingerprint density at radius 3 is 1.59 bits per heavy atom. The molecule has 9 rings (SSSR count). The van der Waals surface area contributed by atoms with Gasteiger partial charge in [-0.2, -0.15) is 0 Å². The van der Waals surface area contributed by atoms with E-state index >= 15 is 0 Å². The summed E-state index contributed by atoms with van der Waals surface area (Å²) in [4.78, 5) is 4.85. The maximum atomic E-state index is 4.00. The van der Waals surface area contributed by atoms with Crippen molar-refractivity contribution in [1.29, 1.82) is 0 Å². The van der Waals surface area contributed by atoms with Crippen molar-refractivity contribution < 1.29 is 0 Å². The molecule has 0 aromatic heterocycles. The molecule has 0 fully saturated rings. The summed E-state index contributed by atoms with van der Waals surface area (Å²) in [6, 6.07) is 55.2. The molecule has 0 N–H and O–H groups in total. The predicted molar refractivity (Wildman–Crippen MR) is 232 cm³/mol. The van der Waals surface area contributed by atoms with Gasteiger partial charge in [-0.25, -0.2) is 0 Å². The van der Waals surface area contributed by atoms with Crippen LogP contribution in [0.15, 0.2) is 189 Å². The highest BCUT2D eigenvalue weighted by Crippen LogP contribution is 2.58. The summed E-state index contributed by atoms with van der Waals surface area (Å²) in [6.07, 6.45) is 11.2. The number of hydrogen-bond donors (Lipinski definition) is 0. The number of anilines is 5. The smallest absolute Gasteiger partial charge is 0.0540 e. The van der Waals surface area contributed by atoms with Gasteiger partial charge in [0, 0.05) is 44.9 Å². The second kappa shape index (κ2) is 12.9. The lowest BCUT2D eigenvalue weighted by molar-refractivity contribution is 0.322. The van der Waals surface area contributed by atoms with E-state index in [-0.39, 0.29) is 16.7 Å². The van der Waals surface area contributed by atoms with Crippen molar-refractivity contribution in [2.24, 2.45) is 5.92 Å². The summed E-state index contributed by atoms with van der Waals surface area (Å²) in [7, 11) is 0. The molecular formula is C52H44N2. The van der Waals surface area contributed by atoms with Crippen molar-refractivity contribution in [2.75, 3.05) is 9.80 Å². The van der Waals surface area contributed by atoms with Crippen molar-refractivity contribution in [2.45, 2.75) is 31.6 Å². The van der Waals surface area contributed by atoms with E-state index in [1.54, 1.807) is 0 Å². The Balaban J connectivity index is 1.19. The standard InChI is InChI=1S/C52H44N2/c1-6-36-22-26-40(27-23-36)53(48-20-12-16-38-14-8-10-18-44(38)48)42-30-31-46-47(34-42)51(3,4)50-35-43(32-33-52(46,50)5)54(41-28-24-37(7-2)25-29-41)49-21-13-17-39-15-9-11-19-45(39)49/h6-35,50H,1-2H2,3-5H3. The predicted octanol–water partition coefficient (Wildman–Crippen LogP) is 14.2. The molecule has 7 aromatic rings. The highest BCUT2D eigenvalue weighted by atomic mass is 15.2. The van der Waals surface area contributed by atoms with Gasteiger partial charge in [-0.15, -0.1) is 0 Å². The Kier molecular flexibility index (Phi) is 8.01. The van der Waals surface area contributed by atoms with Gasteiger partial charge in [0.05, 0.1) is 11.4 Å². The van der Waals surface area contributed by atoms with E-state index in [9.17, 15) is 0 Å². The molecule has 2 atom stereocenters. The van der Waals surface area contributed by atoms with Crippen LogP contribution in [0, 0.1) is 5.92 Å². The molecule has 0 saturated carbocycles. The molecule has 2 unspecified atom stereocenters. The summed E-state index contributed by atoms with van der Waals surface area (Å²) in [5, 5.41) is 4.89. The SMILES string of the molecule is C=Cc1ccc(N(C2=CC3C(C)(C)c4cc(N(c5ccc(C=C)cc5)c5cccc6ccccc56)ccc4C3(C)C=C2)c2cccc3ccccc23)cc1. The van der Waals surface area contributed by atoms with Crippen molar-refractivity contribution in [3.63, 3.8) is 0 Å². The van der Waals surface area contributed by atoms with Crippen LogP contribution in [0.4, 0.5) is 28.4 Å². The molecule has 0 radical (unpaired) electrons. The van der Waals surface area contributed by atoms with Crippen LogP contribution in [0.1, 0.15) is 43.0 Å². The Hall–Kier alpha value is -6.38. The normalized spacial score (nSPS) is 18.1. The number of benzene rings is 7. The molecule has 262 valence electrons. The fourth-order valence-electron chi connectivity index (χ4n) is 9.15. The molecule has 0 bridgehead atoms. The summed E-state index contributed by atoms with van der Waals surface area (Å²) in [5.41, 5.74) is 11.6. The van der Waals surface area contributed by atoms with Crippen molar-refractivity contribution in [3.05, 3.63) is 211 Å². The first-order valence-electron chi connectivity index (χ1n) is 18.9. The summed E-state index contributed by atoms with van der Waals surface area (Å²) >= 11 is 0. The third kappa shape index (κ3) is 5.32. The van der Waals surface area contributed by atoms with Crippen LogP contribution in [0.5, 0.6) is 0 Å². The molecule has 0 amide bonds. The monoisotopic (exact) mass is 696 g/mol. The van der Waals surface area contributed by atoms with E-state index in [0.717, 1.165) is 33.9 Å². The first kappa shape index (κ1) is 33.5. The van der Waals surface area contributed by atoms with Crippen LogP contribution < -0.4 is 9.80 Å². The Morgan fingerprint density at radius 1 is 0.519 bits per heavy atom. The van der Waals surface area contributed by atoms with E-state index in [1.807, 2.05) is 12.2 Å². The third-order valence-electron chi connectivity index (χ3n) is 11.9. The molecule has 2 nitrogen and oxygen atoms in total. The minimum atomic E-state index is -0.173. The van der Waals surface area contributed by atoms with Gasteiger partial charge in [-0.1, -0.05) is 161 Å². The van der Waals surface area contributed by atoms with Crippen LogP contribution in [-0.4, -0.2) is 0 Å². The average molecular weight is 697 g/mol. The molecule has 2 heteroatoms. The van der Waals surface area contributed by atoms with Crippen molar-refractivity contribution in [1.82, 2.24) is 0 Å². The molecule has 54 heavy (non-hydrogen) atoms. The maximum absolute atomic E-state index is 4.00. The minimum absolute atomic E-state index is 0.162. The lowest BCUT2D eigenvalue weighted by atomic mass is 9.66. The number of fused-ring (bicyclic) bond motifs is 5. The largest absolute Gasteiger partial charge is 0.310 e. The van der Waals surface area contributed by atoms with Crippen LogP contribution in [0.25, 0.3) is 33.7 Å². The Labute approximate surface area is 319 Å². The molecule has 0 heterocycles. The van der Waals surface area contributed by atoms with E-state index in [0.29, 0.717) is 0 Å². The van der Waals surface area contributed by atoms with E-state index < -0.39 is 0 Å². The zero-order valence-electron chi connectivity index (χ0n) is 31.2. The number of rotatable bonds is 8. The Morgan fingerprint density at radius 2 is 1.02 bits per heavy atom. The molecular weight excluding hydrogens is 653 g/mol. The zero-order chi connectivity index (χ0) is 37.0. The number of hydrogen-bond acceptors (Lipinski definition) is 2. The van der Waals surface area contributed by atoms with Gasteiger partial charge < -0.3 is 9.80 Å².